The summed E-state index contributed by atoms with van der Waals surface area (Å²) in [5.74, 6) is -1.00. The van der Waals surface area contributed by atoms with Crippen LogP contribution in [0.15, 0.2) is 22.7 Å². The number of aliphatic carboxylic acids is 1. The summed E-state index contributed by atoms with van der Waals surface area (Å²) >= 11 is 3.28. The van der Waals surface area contributed by atoms with E-state index in [0.29, 0.717) is 24.2 Å². The summed E-state index contributed by atoms with van der Waals surface area (Å²) in [6.45, 7) is 0.401. The number of hydrogen-bond donors (Lipinski definition) is 2. The number of piperidine rings is 1. The molecule has 1 fully saturated rings. The van der Waals surface area contributed by atoms with Crippen LogP contribution in [-0.4, -0.2) is 34.6 Å². The lowest BCUT2D eigenvalue weighted by Gasteiger charge is -2.32. The Morgan fingerprint density at radius 1 is 1.43 bits per heavy atom. The molecule has 2 amide bonds. The highest BCUT2D eigenvalue weighted by Gasteiger charge is 2.32. The van der Waals surface area contributed by atoms with Gasteiger partial charge in [0, 0.05) is 11.0 Å². The first kappa shape index (κ1) is 15.3. The number of hydrogen-bond acceptors (Lipinski definition) is 3. The molecular weight excluding hydrogens is 338 g/mol. The molecule has 0 saturated carbocycles. The highest BCUT2D eigenvalue weighted by molar-refractivity contribution is 9.10. The topological polar surface area (TPSA) is 93.4 Å². The van der Waals surface area contributed by atoms with Gasteiger partial charge in [-0.3, -0.25) is 0 Å². The maximum atomic E-state index is 12.3. The molecule has 2 N–H and O–H groups in total. The molecule has 0 aliphatic carbocycles. The maximum absolute atomic E-state index is 12.3. The Balaban J connectivity index is 2.19. The first-order valence-corrected chi connectivity index (χ1v) is 7.32. The Hall–Kier alpha value is -2.07. The minimum atomic E-state index is -1.00. The van der Waals surface area contributed by atoms with Gasteiger partial charge in [-0.2, -0.15) is 5.26 Å². The molecule has 6 nitrogen and oxygen atoms in total. The van der Waals surface area contributed by atoms with Gasteiger partial charge in [0.05, 0.1) is 11.3 Å². The van der Waals surface area contributed by atoms with Gasteiger partial charge in [-0.15, -0.1) is 0 Å². The van der Waals surface area contributed by atoms with Crippen LogP contribution in [0.25, 0.3) is 0 Å². The van der Waals surface area contributed by atoms with Crippen molar-refractivity contribution in [1.82, 2.24) is 4.90 Å². The van der Waals surface area contributed by atoms with Crippen LogP contribution in [0.4, 0.5) is 10.5 Å². The summed E-state index contributed by atoms with van der Waals surface area (Å²) in [6.07, 6.45) is 2.02. The van der Waals surface area contributed by atoms with Crippen molar-refractivity contribution in [2.45, 2.75) is 25.3 Å². The summed E-state index contributed by atoms with van der Waals surface area (Å²) in [6, 6.07) is 5.61. The van der Waals surface area contributed by atoms with Crippen LogP contribution in [0.5, 0.6) is 0 Å². The van der Waals surface area contributed by atoms with Gasteiger partial charge in [0.15, 0.2) is 0 Å². The minimum absolute atomic E-state index is 0.329. The van der Waals surface area contributed by atoms with Crippen LogP contribution in [-0.2, 0) is 4.79 Å². The van der Waals surface area contributed by atoms with Gasteiger partial charge in [-0.25, -0.2) is 9.59 Å². The van der Waals surface area contributed by atoms with Crippen molar-refractivity contribution < 1.29 is 14.7 Å². The second-order valence-electron chi connectivity index (χ2n) is 4.78. The van der Waals surface area contributed by atoms with Crippen molar-refractivity contribution in [3.05, 3.63) is 28.2 Å². The van der Waals surface area contributed by atoms with E-state index in [1.54, 1.807) is 18.2 Å². The summed E-state index contributed by atoms with van der Waals surface area (Å²) in [4.78, 5) is 24.8. The summed E-state index contributed by atoms with van der Waals surface area (Å²) < 4.78 is 0.727. The molecule has 2 rings (SSSR count). The second-order valence-corrected chi connectivity index (χ2v) is 5.69. The van der Waals surface area contributed by atoms with E-state index < -0.39 is 18.0 Å². The zero-order chi connectivity index (χ0) is 15.4. The summed E-state index contributed by atoms with van der Waals surface area (Å²) in [5.41, 5.74) is 0.696. The third kappa shape index (κ3) is 3.52. The van der Waals surface area contributed by atoms with E-state index in [1.807, 2.05) is 6.07 Å². The van der Waals surface area contributed by atoms with Gasteiger partial charge in [-0.1, -0.05) is 15.9 Å². The highest BCUT2D eigenvalue weighted by atomic mass is 79.9. The Kier molecular flexibility index (Phi) is 4.81. The number of likely N-dealkylation sites (tertiary alicyclic amines) is 1. The van der Waals surface area contributed by atoms with Gasteiger partial charge in [-0.05, 0) is 37.5 Å². The number of urea groups is 1. The number of benzene rings is 1. The van der Waals surface area contributed by atoms with Crippen LogP contribution in [0.2, 0.25) is 0 Å². The molecule has 0 bridgehead atoms. The fourth-order valence-electron chi connectivity index (χ4n) is 2.34. The molecule has 110 valence electrons. The summed E-state index contributed by atoms with van der Waals surface area (Å²) in [7, 11) is 0. The minimum Gasteiger partial charge on any atom is -0.480 e. The van der Waals surface area contributed by atoms with Gasteiger partial charge in [0.2, 0.25) is 0 Å². The van der Waals surface area contributed by atoms with Crippen molar-refractivity contribution in [2.75, 3.05) is 11.9 Å². The Morgan fingerprint density at radius 3 is 2.86 bits per heavy atom. The first-order valence-electron chi connectivity index (χ1n) is 6.53. The number of rotatable bonds is 2. The van der Waals surface area contributed by atoms with Crippen LogP contribution < -0.4 is 5.32 Å². The smallest absolute Gasteiger partial charge is 0.326 e. The van der Waals surface area contributed by atoms with E-state index >= 15 is 0 Å². The number of amides is 2. The second kappa shape index (κ2) is 6.59. The van der Waals surface area contributed by atoms with Crippen molar-refractivity contribution in [1.29, 1.82) is 5.26 Å². The van der Waals surface area contributed by atoms with Gasteiger partial charge in [0.25, 0.3) is 0 Å². The number of halogens is 1. The van der Waals surface area contributed by atoms with Gasteiger partial charge < -0.3 is 15.3 Å². The Bertz CT molecular complexity index is 612. The molecule has 0 spiro atoms. The van der Waals surface area contributed by atoms with E-state index in [9.17, 15) is 14.7 Å². The van der Waals surface area contributed by atoms with Crippen LogP contribution in [0.3, 0.4) is 0 Å². The van der Waals surface area contributed by atoms with E-state index in [4.69, 9.17) is 5.26 Å². The van der Waals surface area contributed by atoms with Crippen molar-refractivity contribution in [2.24, 2.45) is 0 Å². The lowest BCUT2D eigenvalue weighted by Crippen LogP contribution is -2.49. The van der Waals surface area contributed by atoms with E-state index in [0.717, 1.165) is 17.3 Å². The van der Waals surface area contributed by atoms with E-state index in [-0.39, 0.29) is 0 Å². The van der Waals surface area contributed by atoms with Gasteiger partial charge in [0.1, 0.15) is 12.1 Å². The van der Waals surface area contributed by atoms with Crippen LogP contribution in [0, 0.1) is 11.3 Å². The average molecular weight is 352 g/mol. The van der Waals surface area contributed by atoms with Crippen LogP contribution >= 0.6 is 15.9 Å². The molecule has 1 aromatic carbocycles. The molecule has 0 radical (unpaired) electrons. The normalized spacial score (nSPS) is 17.9. The first-order chi connectivity index (χ1) is 10.0. The average Bonchev–Trinajstić information content (AvgIpc) is 2.47. The zero-order valence-electron chi connectivity index (χ0n) is 11.2. The maximum Gasteiger partial charge on any atom is 0.326 e. The van der Waals surface area contributed by atoms with Crippen molar-refractivity contribution in [3.8, 4) is 6.07 Å². The monoisotopic (exact) mass is 351 g/mol. The number of carbonyl (C=O) groups is 2. The standard InChI is InChI=1S/C14H14BrN3O3/c15-10-5-4-9(8-16)11(7-10)17-14(21)18-6-2-1-3-12(18)13(19)20/h4-5,7,12H,1-3,6H2,(H,17,21)(H,19,20). The fraction of sp³-hybridized carbons (Fsp3) is 0.357. The molecule has 1 saturated heterocycles. The largest absolute Gasteiger partial charge is 0.480 e. The number of nitrogens with one attached hydrogen (secondary N) is 1. The van der Waals surface area contributed by atoms with Crippen molar-refractivity contribution in [3.63, 3.8) is 0 Å². The molecule has 0 aromatic heterocycles. The van der Waals surface area contributed by atoms with Crippen LogP contribution in [0.1, 0.15) is 24.8 Å². The Labute approximate surface area is 130 Å². The molecule has 7 heteroatoms. The fourth-order valence-corrected chi connectivity index (χ4v) is 2.70. The molecule has 1 unspecified atom stereocenters. The molecular formula is C14H14BrN3O3. The third-order valence-electron chi connectivity index (χ3n) is 3.39. The van der Waals surface area contributed by atoms with Gasteiger partial charge >= 0.3 is 12.0 Å². The number of carbonyl (C=O) groups excluding carboxylic acids is 1. The SMILES string of the molecule is N#Cc1ccc(Br)cc1NC(=O)N1CCCCC1C(=O)O. The quantitative estimate of drug-likeness (QED) is 0.856. The lowest BCUT2D eigenvalue weighted by atomic mass is 10.0. The lowest BCUT2D eigenvalue weighted by molar-refractivity contribution is -0.143. The number of nitrogens with zero attached hydrogens (tertiary/aromatic N) is 2. The number of nitriles is 1. The third-order valence-corrected chi connectivity index (χ3v) is 3.89. The number of anilines is 1. The molecule has 1 heterocycles. The molecule has 1 atom stereocenters. The molecule has 1 aromatic rings. The molecule has 1 aliphatic rings. The zero-order valence-corrected chi connectivity index (χ0v) is 12.8. The molecule has 1 aliphatic heterocycles. The summed E-state index contributed by atoms with van der Waals surface area (Å²) in [5, 5.41) is 20.9. The predicted molar refractivity (Wildman–Crippen MR) is 79.9 cm³/mol. The number of carboxylic acid groups (broad SMARTS) is 1. The van der Waals surface area contributed by atoms with E-state index in [1.165, 1.54) is 4.90 Å². The van der Waals surface area contributed by atoms with E-state index in [2.05, 4.69) is 21.2 Å². The molecule has 21 heavy (non-hydrogen) atoms. The number of carboxylic acids is 1. The predicted octanol–water partition coefficient (Wildman–Crippen LogP) is 2.79. The Morgan fingerprint density at radius 2 is 2.19 bits per heavy atom. The highest BCUT2D eigenvalue weighted by Crippen LogP contribution is 2.23. The van der Waals surface area contributed by atoms with Crippen molar-refractivity contribution >= 4 is 33.6 Å².